The standard InChI is InChI=1S/C13H22O4.Mg.2H/c1-12(2,3)13(10(14)15,11(16)17)9-7-5-4-6-8-9;;;/h9H,4-8H2,1-3H3,(H,14,15)(H,16,17);;;. The zero-order valence-corrected chi connectivity index (χ0v) is 10.8. The third kappa shape index (κ3) is 2.82. The van der Waals surface area contributed by atoms with Crippen molar-refractivity contribution in [3.05, 3.63) is 0 Å². The van der Waals surface area contributed by atoms with Crippen molar-refractivity contribution >= 4 is 35.0 Å². The molecule has 0 saturated heterocycles. The minimum atomic E-state index is -1.66. The third-order valence-corrected chi connectivity index (χ3v) is 4.08. The highest BCUT2D eigenvalue weighted by Gasteiger charge is 2.60. The minimum absolute atomic E-state index is 0. The van der Waals surface area contributed by atoms with Crippen LogP contribution in [0.4, 0.5) is 0 Å². The van der Waals surface area contributed by atoms with Crippen LogP contribution in [0.25, 0.3) is 0 Å². The van der Waals surface area contributed by atoms with Crippen molar-refractivity contribution < 1.29 is 19.8 Å². The first-order valence-electron chi connectivity index (χ1n) is 6.21. The first-order valence-corrected chi connectivity index (χ1v) is 6.21. The molecule has 2 N–H and O–H groups in total. The summed E-state index contributed by atoms with van der Waals surface area (Å²) in [5.74, 6) is -2.64. The normalized spacial score (nSPS) is 17.9. The summed E-state index contributed by atoms with van der Waals surface area (Å²) in [6.45, 7) is 5.14. The summed E-state index contributed by atoms with van der Waals surface area (Å²) in [6, 6.07) is 0. The van der Waals surface area contributed by atoms with Gasteiger partial charge in [-0.3, -0.25) is 9.59 Å². The van der Waals surface area contributed by atoms with Gasteiger partial charge in [-0.15, -0.1) is 0 Å². The topological polar surface area (TPSA) is 74.6 Å². The summed E-state index contributed by atoms with van der Waals surface area (Å²) >= 11 is 0. The van der Waals surface area contributed by atoms with Crippen LogP contribution in [0, 0.1) is 16.7 Å². The number of rotatable bonds is 3. The lowest BCUT2D eigenvalue weighted by molar-refractivity contribution is -0.181. The fourth-order valence-corrected chi connectivity index (χ4v) is 3.23. The van der Waals surface area contributed by atoms with E-state index in [2.05, 4.69) is 0 Å². The van der Waals surface area contributed by atoms with E-state index in [1.807, 2.05) is 0 Å². The van der Waals surface area contributed by atoms with E-state index in [-0.39, 0.29) is 29.0 Å². The summed E-state index contributed by atoms with van der Waals surface area (Å²) in [7, 11) is 0. The van der Waals surface area contributed by atoms with E-state index in [9.17, 15) is 19.8 Å². The molecule has 1 saturated carbocycles. The lowest BCUT2D eigenvalue weighted by Crippen LogP contribution is -2.55. The van der Waals surface area contributed by atoms with Crippen LogP contribution in [0.2, 0.25) is 0 Å². The predicted molar refractivity (Wildman–Crippen MR) is 72.3 cm³/mol. The smallest absolute Gasteiger partial charge is 0.321 e. The summed E-state index contributed by atoms with van der Waals surface area (Å²) in [4.78, 5) is 23.3. The predicted octanol–water partition coefficient (Wildman–Crippen LogP) is 1.85. The molecule has 0 bridgehead atoms. The van der Waals surface area contributed by atoms with Crippen molar-refractivity contribution in [3.8, 4) is 0 Å². The van der Waals surface area contributed by atoms with Gasteiger partial charge in [0.1, 0.15) is 0 Å². The second kappa shape index (κ2) is 6.24. The van der Waals surface area contributed by atoms with Crippen LogP contribution in [-0.4, -0.2) is 45.2 Å². The van der Waals surface area contributed by atoms with Crippen LogP contribution in [0.1, 0.15) is 52.9 Å². The van der Waals surface area contributed by atoms with Crippen LogP contribution in [-0.2, 0) is 9.59 Å². The number of hydrogen-bond acceptors (Lipinski definition) is 2. The van der Waals surface area contributed by atoms with Gasteiger partial charge in [0.15, 0.2) is 5.41 Å². The van der Waals surface area contributed by atoms with E-state index in [4.69, 9.17) is 0 Å². The van der Waals surface area contributed by atoms with Gasteiger partial charge in [0, 0.05) is 0 Å². The summed E-state index contributed by atoms with van der Waals surface area (Å²) in [5.41, 5.74) is -2.44. The molecule has 0 aliphatic heterocycles. The van der Waals surface area contributed by atoms with Crippen molar-refractivity contribution in [2.45, 2.75) is 52.9 Å². The van der Waals surface area contributed by atoms with Gasteiger partial charge in [-0.25, -0.2) is 0 Å². The molecular formula is C13H24MgO4. The molecule has 0 aromatic carbocycles. The Morgan fingerprint density at radius 3 is 1.61 bits per heavy atom. The average Bonchev–Trinajstić information content (AvgIpc) is 2.16. The van der Waals surface area contributed by atoms with E-state index in [1.54, 1.807) is 20.8 Å². The SMILES string of the molecule is CC(C)(C)C(C(=O)O)(C(=O)O)C1CCCCC1.[MgH2]. The van der Waals surface area contributed by atoms with Gasteiger partial charge in [-0.1, -0.05) is 40.0 Å². The van der Waals surface area contributed by atoms with E-state index in [0.717, 1.165) is 19.3 Å². The van der Waals surface area contributed by atoms with Crippen molar-refractivity contribution in [3.63, 3.8) is 0 Å². The maximum absolute atomic E-state index is 11.6. The molecule has 0 heterocycles. The second-order valence-electron chi connectivity index (χ2n) is 6.00. The maximum atomic E-state index is 11.6. The molecule has 0 aromatic heterocycles. The van der Waals surface area contributed by atoms with Crippen LogP contribution in [0.5, 0.6) is 0 Å². The lowest BCUT2D eigenvalue weighted by atomic mass is 9.56. The number of carboxylic acids is 2. The summed E-state index contributed by atoms with van der Waals surface area (Å²) in [5, 5.41) is 19.0. The van der Waals surface area contributed by atoms with E-state index >= 15 is 0 Å². The molecule has 0 aromatic rings. The van der Waals surface area contributed by atoms with Crippen molar-refractivity contribution in [2.24, 2.45) is 16.7 Å². The van der Waals surface area contributed by atoms with Gasteiger partial charge in [0.25, 0.3) is 0 Å². The summed E-state index contributed by atoms with van der Waals surface area (Å²) < 4.78 is 0. The quantitative estimate of drug-likeness (QED) is 0.605. The molecule has 0 spiro atoms. The molecule has 0 amide bonds. The summed E-state index contributed by atoms with van der Waals surface area (Å²) in [6.07, 6.45) is 4.35. The molecular weight excluding hydrogens is 244 g/mol. The Morgan fingerprint density at radius 1 is 0.944 bits per heavy atom. The lowest BCUT2D eigenvalue weighted by Gasteiger charge is -2.44. The Balaban J connectivity index is 0.00000289. The Bertz CT molecular complexity index is 299. The van der Waals surface area contributed by atoms with Gasteiger partial charge >= 0.3 is 35.0 Å². The molecule has 1 aliphatic rings. The molecule has 18 heavy (non-hydrogen) atoms. The monoisotopic (exact) mass is 268 g/mol. The van der Waals surface area contributed by atoms with Gasteiger partial charge < -0.3 is 10.2 Å². The van der Waals surface area contributed by atoms with E-state index in [1.165, 1.54) is 0 Å². The maximum Gasteiger partial charge on any atom is 0.321 e. The molecule has 1 fully saturated rings. The number of carboxylic acid groups (broad SMARTS) is 2. The third-order valence-electron chi connectivity index (χ3n) is 4.08. The number of hydrogen-bond donors (Lipinski definition) is 2. The van der Waals surface area contributed by atoms with Crippen molar-refractivity contribution in [1.82, 2.24) is 0 Å². The zero-order chi connectivity index (χ0) is 13.3. The van der Waals surface area contributed by atoms with Crippen LogP contribution >= 0.6 is 0 Å². The molecule has 102 valence electrons. The first-order chi connectivity index (χ1) is 7.74. The molecule has 0 radical (unpaired) electrons. The molecule has 0 atom stereocenters. The Hall–Kier alpha value is -0.294. The van der Waals surface area contributed by atoms with E-state index in [0.29, 0.717) is 12.8 Å². The van der Waals surface area contributed by atoms with Crippen LogP contribution in [0.15, 0.2) is 0 Å². The number of aliphatic carboxylic acids is 2. The minimum Gasteiger partial charge on any atom is -0.480 e. The largest absolute Gasteiger partial charge is 0.480 e. The fourth-order valence-electron chi connectivity index (χ4n) is 3.23. The molecule has 1 rings (SSSR count). The molecule has 4 nitrogen and oxygen atoms in total. The van der Waals surface area contributed by atoms with Crippen molar-refractivity contribution in [1.29, 1.82) is 0 Å². The Kier molecular flexibility index (Phi) is 6.13. The van der Waals surface area contributed by atoms with Gasteiger partial charge in [-0.2, -0.15) is 0 Å². The highest BCUT2D eigenvalue weighted by Crippen LogP contribution is 2.50. The average molecular weight is 269 g/mol. The van der Waals surface area contributed by atoms with Gasteiger partial charge in [-0.05, 0) is 24.2 Å². The highest BCUT2D eigenvalue weighted by molar-refractivity contribution is 5.99. The molecule has 1 aliphatic carbocycles. The van der Waals surface area contributed by atoms with E-state index < -0.39 is 22.8 Å². The Morgan fingerprint density at radius 2 is 1.33 bits per heavy atom. The number of carbonyl (C=O) groups is 2. The van der Waals surface area contributed by atoms with Gasteiger partial charge in [0.05, 0.1) is 0 Å². The van der Waals surface area contributed by atoms with Gasteiger partial charge in [0.2, 0.25) is 0 Å². The Labute approximate surface area is 124 Å². The molecule has 5 heteroatoms. The first kappa shape index (κ1) is 17.7. The fraction of sp³-hybridized carbons (Fsp3) is 0.846. The zero-order valence-electron chi connectivity index (χ0n) is 10.8. The van der Waals surface area contributed by atoms with Crippen molar-refractivity contribution in [2.75, 3.05) is 0 Å². The van der Waals surface area contributed by atoms with Crippen LogP contribution in [0.3, 0.4) is 0 Å². The van der Waals surface area contributed by atoms with Crippen LogP contribution < -0.4 is 0 Å². The highest BCUT2D eigenvalue weighted by atomic mass is 24.3. The second-order valence-corrected chi connectivity index (χ2v) is 6.00. The molecule has 0 unspecified atom stereocenters.